The van der Waals surface area contributed by atoms with Crippen molar-refractivity contribution in [1.29, 1.82) is 0 Å². The number of anilines is 1. The summed E-state index contributed by atoms with van der Waals surface area (Å²) in [6.45, 7) is 4.44. The molecule has 0 bridgehead atoms. The maximum Gasteiger partial charge on any atom is 0.320 e. The SMILES string of the molecule is CCNC(=O)Nc1cc2cc(-c3cccc(O)c3)cc(C)c2cn1. The molecule has 2 aromatic carbocycles. The van der Waals surface area contributed by atoms with Gasteiger partial charge >= 0.3 is 6.03 Å². The number of hydrogen-bond donors (Lipinski definition) is 3. The summed E-state index contributed by atoms with van der Waals surface area (Å²) < 4.78 is 0. The highest BCUT2D eigenvalue weighted by atomic mass is 16.3. The molecule has 0 saturated carbocycles. The van der Waals surface area contributed by atoms with Gasteiger partial charge in [-0.15, -0.1) is 0 Å². The molecule has 1 aromatic heterocycles. The minimum Gasteiger partial charge on any atom is -0.508 e. The average molecular weight is 321 g/mol. The number of hydrogen-bond acceptors (Lipinski definition) is 3. The number of carbonyl (C=O) groups is 1. The minimum absolute atomic E-state index is 0.235. The fraction of sp³-hybridized carbons (Fsp3) is 0.158. The monoisotopic (exact) mass is 321 g/mol. The molecule has 0 aliphatic rings. The van der Waals surface area contributed by atoms with E-state index in [0.717, 1.165) is 27.5 Å². The Morgan fingerprint density at radius 2 is 2.00 bits per heavy atom. The Balaban J connectivity index is 2.03. The largest absolute Gasteiger partial charge is 0.508 e. The molecular weight excluding hydrogens is 302 g/mol. The van der Waals surface area contributed by atoms with E-state index in [-0.39, 0.29) is 11.8 Å². The van der Waals surface area contributed by atoms with E-state index < -0.39 is 0 Å². The molecule has 0 aliphatic carbocycles. The van der Waals surface area contributed by atoms with Crippen LogP contribution in [-0.4, -0.2) is 22.7 Å². The van der Waals surface area contributed by atoms with Crippen LogP contribution >= 0.6 is 0 Å². The molecule has 0 saturated heterocycles. The first-order chi connectivity index (χ1) is 11.6. The lowest BCUT2D eigenvalue weighted by atomic mass is 9.98. The van der Waals surface area contributed by atoms with E-state index in [0.29, 0.717) is 12.4 Å². The highest BCUT2D eigenvalue weighted by Crippen LogP contribution is 2.29. The first kappa shape index (κ1) is 15.8. The van der Waals surface area contributed by atoms with Crippen LogP contribution in [0.5, 0.6) is 5.75 Å². The fourth-order valence-corrected chi connectivity index (χ4v) is 2.68. The van der Waals surface area contributed by atoms with Crippen molar-refractivity contribution in [3.63, 3.8) is 0 Å². The maximum absolute atomic E-state index is 11.7. The lowest BCUT2D eigenvalue weighted by Gasteiger charge is -2.10. The molecule has 3 rings (SSSR count). The summed E-state index contributed by atoms with van der Waals surface area (Å²) in [6, 6.07) is 12.8. The first-order valence-corrected chi connectivity index (χ1v) is 7.81. The van der Waals surface area contributed by atoms with Crippen molar-refractivity contribution in [3.05, 3.63) is 54.2 Å². The molecule has 3 aromatic rings. The van der Waals surface area contributed by atoms with Crippen LogP contribution in [0.15, 0.2) is 48.7 Å². The van der Waals surface area contributed by atoms with Gasteiger partial charge in [-0.1, -0.05) is 18.2 Å². The van der Waals surface area contributed by atoms with Crippen molar-refractivity contribution >= 4 is 22.6 Å². The number of aryl methyl sites for hydroxylation is 1. The third kappa shape index (κ3) is 3.30. The third-order valence-corrected chi connectivity index (χ3v) is 3.80. The fourth-order valence-electron chi connectivity index (χ4n) is 2.68. The Morgan fingerprint density at radius 3 is 2.75 bits per heavy atom. The van der Waals surface area contributed by atoms with E-state index in [1.807, 2.05) is 38.1 Å². The normalized spacial score (nSPS) is 10.6. The number of amides is 2. The number of aromatic hydroxyl groups is 1. The molecule has 3 N–H and O–H groups in total. The Morgan fingerprint density at radius 1 is 1.17 bits per heavy atom. The molecular formula is C19H19N3O2. The number of nitrogens with one attached hydrogen (secondary N) is 2. The number of urea groups is 1. The molecule has 0 atom stereocenters. The molecule has 5 heteroatoms. The number of benzene rings is 2. The number of fused-ring (bicyclic) bond motifs is 1. The second-order valence-corrected chi connectivity index (χ2v) is 5.62. The number of phenolic OH excluding ortho intramolecular Hbond substituents is 1. The predicted octanol–water partition coefficient (Wildman–Crippen LogP) is 4.06. The summed E-state index contributed by atoms with van der Waals surface area (Å²) >= 11 is 0. The maximum atomic E-state index is 11.7. The van der Waals surface area contributed by atoms with E-state index >= 15 is 0 Å². The van der Waals surface area contributed by atoms with Crippen LogP contribution in [0.25, 0.3) is 21.9 Å². The zero-order valence-electron chi connectivity index (χ0n) is 13.6. The Hall–Kier alpha value is -3.08. The molecule has 122 valence electrons. The zero-order valence-corrected chi connectivity index (χ0v) is 13.6. The van der Waals surface area contributed by atoms with Gasteiger partial charge < -0.3 is 10.4 Å². The standard InChI is InChI=1S/C19H19N3O2/c1-3-20-19(24)22-18-10-15-8-14(7-12(2)17(15)11-21-18)13-5-4-6-16(23)9-13/h4-11,23H,3H2,1-2H3,(H2,20,21,22,24). The van der Waals surface area contributed by atoms with Crippen LogP contribution in [0.4, 0.5) is 10.6 Å². The molecule has 2 amide bonds. The Kier molecular flexibility index (Phi) is 4.33. The molecule has 0 unspecified atom stereocenters. The smallest absolute Gasteiger partial charge is 0.320 e. The van der Waals surface area contributed by atoms with Crippen LogP contribution < -0.4 is 10.6 Å². The topological polar surface area (TPSA) is 74.2 Å². The lowest BCUT2D eigenvalue weighted by Crippen LogP contribution is -2.28. The third-order valence-electron chi connectivity index (χ3n) is 3.80. The quantitative estimate of drug-likeness (QED) is 0.681. The number of carbonyl (C=O) groups excluding carboxylic acids is 1. The molecule has 0 fully saturated rings. The minimum atomic E-state index is -0.273. The summed E-state index contributed by atoms with van der Waals surface area (Å²) in [5.41, 5.74) is 3.03. The summed E-state index contributed by atoms with van der Waals surface area (Å²) in [5, 5.41) is 17.1. The van der Waals surface area contributed by atoms with E-state index in [2.05, 4.69) is 21.7 Å². The first-order valence-electron chi connectivity index (χ1n) is 7.81. The van der Waals surface area contributed by atoms with Crippen LogP contribution in [0, 0.1) is 6.92 Å². The second kappa shape index (κ2) is 6.58. The van der Waals surface area contributed by atoms with Crippen LogP contribution in [-0.2, 0) is 0 Å². The van der Waals surface area contributed by atoms with Gasteiger partial charge in [-0.25, -0.2) is 9.78 Å². The average Bonchev–Trinajstić information content (AvgIpc) is 2.54. The van der Waals surface area contributed by atoms with Gasteiger partial charge in [0.05, 0.1) is 0 Å². The van der Waals surface area contributed by atoms with Crippen LogP contribution in [0.3, 0.4) is 0 Å². The van der Waals surface area contributed by atoms with E-state index in [1.165, 1.54) is 0 Å². The van der Waals surface area contributed by atoms with E-state index in [4.69, 9.17) is 0 Å². The van der Waals surface area contributed by atoms with Crippen molar-refractivity contribution < 1.29 is 9.90 Å². The molecule has 0 aliphatic heterocycles. The van der Waals surface area contributed by atoms with E-state index in [9.17, 15) is 9.90 Å². The molecule has 24 heavy (non-hydrogen) atoms. The van der Waals surface area contributed by atoms with Gasteiger partial charge in [0.15, 0.2) is 0 Å². The van der Waals surface area contributed by atoms with Gasteiger partial charge in [-0.05, 0) is 60.2 Å². The van der Waals surface area contributed by atoms with Gasteiger partial charge in [0, 0.05) is 18.1 Å². The molecule has 5 nitrogen and oxygen atoms in total. The molecule has 0 spiro atoms. The van der Waals surface area contributed by atoms with Crippen molar-refractivity contribution in [2.45, 2.75) is 13.8 Å². The van der Waals surface area contributed by atoms with Gasteiger partial charge in [0.2, 0.25) is 0 Å². The molecule has 0 radical (unpaired) electrons. The summed E-state index contributed by atoms with van der Waals surface area (Å²) in [6.07, 6.45) is 1.76. The van der Waals surface area contributed by atoms with Crippen molar-refractivity contribution in [2.24, 2.45) is 0 Å². The van der Waals surface area contributed by atoms with Gasteiger partial charge in [0.25, 0.3) is 0 Å². The van der Waals surface area contributed by atoms with Crippen molar-refractivity contribution in [1.82, 2.24) is 10.3 Å². The highest BCUT2D eigenvalue weighted by Gasteiger charge is 2.07. The van der Waals surface area contributed by atoms with Gasteiger partial charge in [-0.2, -0.15) is 0 Å². The Labute approximate surface area is 140 Å². The number of aromatic nitrogens is 1. The molecule has 1 heterocycles. The zero-order chi connectivity index (χ0) is 17.1. The van der Waals surface area contributed by atoms with Crippen molar-refractivity contribution in [2.75, 3.05) is 11.9 Å². The van der Waals surface area contributed by atoms with E-state index in [1.54, 1.807) is 18.3 Å². The van der Waals surface area contributed by atoms with Crippen LogP contribution in [0.1, 0.15) is 12.5 Å². The number of phenols is 1. The number of rotatable bonds is 3. The second-order valence-electron chi connectivity index (χ2n) is 5.62. The van der Waals surface area contributed by atoms with Gasteiger partial charge in [-0.3, -0.25) is 5.32 Å². The number of nitrogens with zero attached hydrogens (tertiary/aromatic N) is 1. The Bertz CT molecular complexity index is 906. The predicted molar refractivity (Wildman–Crippen MR) is 96.3 cm³/mol. The lowest BCUT2D eigenvalue weighted by molar-refractivity contribution is 0.252. The van der Waals surface area contributed by atoms with Crippen molar-refractivity contribution in [3.8, 4) is 16.9 Å². The summed E-state index contributed by atoms with van der Waals surface area (Å²) in [7, 11) is 0. The highest BCUT2D eigenvalue weighted by molar-refractivity contribution is 5.94. The van der Waals surface area contributed by atoms with Gasteiger partial charge in [0.1, 0.15) is 11.6 Å². The summed E-state index contributed by atoms with van der Waals surface area (Å²) in [5.74, 6) is 0.736. The number of pyridine rings is 1. The summed E-state index contributed by atoms with van der Waals surface area (Å²) in [4.78, 5) is 15.9. The van der Waals surface area contributed by atoms with Crippen LogP contribution in [0.2, 0.25) is 0 Å².